The first kappa shape index (κ1) is 16.8. The van der Waals surface area contributed by atoms with Crippen molar-refractivity contribution in [1.82, 2.24) is 0 Å². The van der Waals surface area contributed by atoms with Gasteiger partial charge in [0.1, 0.15) is 5.56 Å². The maximum Gasteiger partial charge on any atom is 0.284 e. The van der Waals surface area contributed by atoms with Gasteiger partial charge in [0.15, 0.2) is 0 Å². The van der Waals surface area contributed by atoms with Crippen LogP contribution in [0.4, 0.5) is 5.69 Å². The first-order valence-electron chi connectivity index (χ1n) is 6.85. The Bertz CT molecular complexity index is 607. The first-order valence-corrected chi connectivity index (χ1v) is 6.85. The number of hydrogen-bond acceptors (Lipinski definition) is 3. The van der Waals surface area contributed by atoms with E-state index in [1.165, 1.54) is 6.07 Å². The fraction of sp³-hybridized carbons (Fsp3) is 0.412. The van der Waals surface area contributed by atoms with Crippen LogP contribution in [-0.2, 0) is 0 Å². The molecule has 0 radical (unpaired) electrons. The minimum Gasteiger partial charge on any atom is -0.390 e. The van der Waals surface area contributed by atoms with E-state index in [0.717, 1.165) is 19.3 Å². The van der Waals surface area contributed by atoms with E-state index in [-0.39, 0.29) is 5.69 Å². The highest BCUT2D eigenvalue weighted by Gasteiger charge is 2.10. The minimum atomic E-state index is -0.626. The predicted octanol–water partition coefficient (Wildman–Crippen LogP) is 3.28. The van der Waals surface area contributed by atoms with Crippen LogP contribution in [0.25, 0.3) is 0 Å². The third-order valence-electron chi connectivity index (χ3n) is 2.79. The number of unbranched alkanes of at least 4 members (excludes halogenated alkanes) is 2. The van der Waals surface area contributed by atoms with Gasteiger partial charge in [-0.3, -0.25) is 10.1 Å². The highest BCUT2D eigenvalue weighted by Crippen LogP contribution is 2.15. The Morgan fingerprint density at radius 1 is 1.24 bits per heavy atom. The molecule has 1 aromatic carbocycles. The number of rotatable bonds is 5. The molecular weight excluding hydrogens is 266 g/mol. The zero-order valence-corrected chi connectivity index (χ0v) is 12.3. The summed E-state index contributed by atoms with van der Waals surface area (Å²) in [5.41, 5.74) is -0.254. The predicted molar refractivity (Wildman–Crippen MR) is 82.5 cm³/mol. The van der Waals surface area contributed by atoms with Gasteiger partial charge in [-0.1, -0.05) is 18.1 Å². The molecule has 0 aliphatic heterocycles. The zero-order chi connectivity index (χ0) is 15.7. The third kappa shape index (κ3) is 7.15. The Kier molecular flexibility index (Phi) is 6.46. The van der Waals surface area contributed by atoms with Crippen LogP contribution in [0.3, 0.4) is 0 Å². The molecule has 0 spiro atoms. The average Bonchev–Trinajstić information content (AvgIpc) is 2.41. The van der Waals surface area contributed by atoms with Gasteiger partial charge >= 0.3 is 0 Å². The molecule has 0 atom stereocenters. The highest BCUT2D eigenvalue weighted by atomic mass is 16.6. The van der Waals surface area contributed by atoms with Crippen molar-refractivity contribution in [3.8, 4) is 23.7 Å². The van der Waals surface area contributed by atoms with Crippen molar-refractivity contribution in [1.29, 1.82) is 0 Å². The lowest BCUT2D eigenvalue weighted by atomic mass is 10.0. The monoisotopic (exact) mass is 285 g/mol. The van der Waals surface area contributed by atoms with E-state index in [2.05, 4.69) is 23.7 Å². The maximum absolute atomic E-state index is 10.8. The summed E-state index contributed by atoms with van der Waals surface area (Å²) in [5, 5.41) is 20.3. The smallest absolute Gasteiger partial charge is 0.284 e. The van der Waals surface area contributed by atoms with Gasteiger partial charge in [-0.05, 0) is 56.9 Å². The molecule has 0 unspecified atom stereocenters. The van der Waals surface area contributed by atoms with Crippen molar-refractivity contribution in [3.63, 3.8) is 0 Å². The number of aliphatic hydroxyl groups is 1. The van der Waals surface area contributed by atoms with E-state index in [9.17, 15) is 15.2 Å². The van der Waals surface area contributed by atoms with Gasteiger partial charge in [0, 0.05) is 12.5 Å². The van der Waals surface area contributed by atoms with Gasteiger partial charge in [0.25, 0.3) is 5.69 Å². The summed E-state index contributed by atoms with van der Waals surface area (Å²) >= 11 is 0. The second kappa shape index (κ2) is 8.09. The van der Waals surface area contributed by atoms with Gasteiger partial charge in [-0.15, -0.1) is 0 Å². The summed E-state index contributed by atoms with van der Waals surface area (Å²) in [5.74, 6) is 11.0. The maximum atomic E-state index is 10.8. The summed E-state index contributed by atoms with van der Waals surface area (Å²) in [7, 11) is 0. The molecule has 0 fully saturated rings. The number of hydrogen-bond donors (Lipinski definition) is 1. The lowest BCUT2D eigenvalue weighted by molar-refractivity contribution is -0.385. The van der Waals surface area contributed by atoms with E-state index < -0.39 is 10.5 Å². The summed E-state index contributed by atoms with van der Waals surface area (Å²) in [6, 6.07) is 6.35. The summed E-state index contributed by atoms with van der Waals surface area (Å²) in [4.78, 5) is 10.3. The largest absolute Gasteiger partial charge is 0.390 e. The van der Waals surface area contributed by atoms with Crippen molar-refractivity contribution >= 4 is 5.69 Å². The molecule has 0 saturated carbocycles. The van der Waals surface area contributed by atoms with Gasteiger partial charge < -0.3 is 5.11 Å². The average molecular weight is 285 g/mol. The Morgan fingerprint density at radius 3 is 2.62 bits per heavy atom. The van der Waals surface area contributed by atoms with Gasteiger partial charge in [0.2, 0.25) is 0 Å². The molecule has 21 heavy (non-hydrogen) atoms. The van der Waals surface area contributed by atoms with E-state index in [0.29, 0.717) is 12.0 Å². The molecule has 0 aromatic heterocycles. The highest BCUT2D eigenvalue weighted by molar-refractivity contribution is 5.52. The summed E-state index contributed by atoms with van der Waals surface area (Å²) < 4.78 is 0. The van der Waals surface area contributed by atoms with Crippen LogP contribution in [0.5, 0.6) is 0 Å². The molecule has 0 bridgehead atoms. The molecular formula is C17H19NO3. The van der Waals surface area contributed by atoms with Crippen molar-refractivity contribution in [3.05, 3.63) is 39.9 Å². The molecule has 1 rings (SSSR count). The number of nitro benzene ring substituents is 1. The second-order valence-corrected chi connectivity index (χ2v) is 5.35. The summed E-state index contributed by atoms with van der Waals surface area (Å²) in [6.07, 6.45) is 3.28. The van der Waals surface area contributed by atoms with Crippen LogP contribution in [0.15, 0.2) is 24.3 Å². The molecule has 4 nitrogen and oxygen atoms in total. The zero-order valence-electron chi connectivity index (χ0n) is 12.3. The quantitative estimate of drug-likeness (QED) is 0.391. The standard InChI is InChI=1S/C17H19NO3/c1-17(2,19)14-10-6-4-3-5-7-11-15-12-8-9-13-16(15)18(20)21/h8-9,12-13,19H,4,6,10,14H2,1-2H3. The van der Waals surface area contributed by atoms with Crippen LogP contribution >= 0.6 is 0 Å². The lowest BCUT2D eigenvalue weighted by Crippen LogP contribution is -2.17. The Morgan fingerprint density at radius 2 is 1.95 bits per heavy atom. The third-order valence-corrected chi connectivity index (χ3v) is 2.79. The van der Waals surface area contributed by atoms with Gasteiger partial charge in [0.05, 0.1) is 10.5 Å². The number of nitrogens with zero attached hydrogens (tertiary/aromatic N) is 1. The van der Waals surface area contributed by atoms with Crippen LogP contribution < -0.4 is 0 Å². The number of nitro groups is 1. The molecule has 1 aromatic rings. The lowest BCUT2D eigenvalue weighted by Gasteiger charge is -2.15. The van der Waals surface area contributed by atoms with Gasteiger partial charge in [-0.25, -0.2) is 0 Å². The molecule has 110 valence electrons. The minimum absolute atomic E-state index is 0.00280. The molecule has 0 aliphatic carbocycles. The van der Waals surface area contributed by atoms with Crippen LogP contribution in [-0.4, -0.2) is 15.6 Å². The van der Waals surface area contributed by atoms with Crippen molar-refractivity contribution in [2.24, 2.45) is 0 Å². The van der Waals surface area contributed by atoms with E-state index in [4.69, 9.17) is 0 Å². The number of para-hydroxylation sites is 1. The van der Waals surface area contributed by atoms with Crippen molar-refractivity contribution in [2.75, 3.05) is 0 Å². The Hall–Kier alpha value is -2.30. The molecule has 0 heterocycles. The van der Waals surface area contributed by atoms with Crippen LogP contribution in [0, 0.1) is 33.8 Å². The Labute approximate surface area is 125 Å². The van der Waals surface area contributed by atoms with E-state index >= 15 is 0 Å². The molecule has 1 N–H and O–H groups in total. The van der Waals surface area contributed by atoms with E-state index in [1.54, 1.807) is 32.0 Å². The molecule has 0 amide bonds. The molecule has 0 saturated heterocycles. The second-order valence-electron chi connectivity index (χ2n) is 5.35. The van der Waals surface area contributed by atoms with Crippen LogP contribution in [0.2, 0.25) is 0 Å². The SMILES string of the molecule is CC(C)(O)CCCCC#CC#Cc1ccccc1[N+](=O)[O-]. The fourth-order valence-electron chi connectivity index (χ4n) is 1.71. The fourth-order valence-corrected chi connectivity index (χ4v) is 1.71. The Balaban J connectivity index is 2.47. The summed E-state index contributed by atoms with van der Waals surface area (Å²) in [6.45, 7) is 3.58. The van der Waals surface area contributed by atoms with E-state index in [1.807, 2.05) is 0 Å². The topological polar surface area (TPSA) is 63.4 Å². The molecule has 4 heteroatoms. The normalized spacial score (nSPS) is 10.0. The van der Waals surface area contributed by atoms with Crippen molar-refractivity contribution < 1.29 is 10.0 Å². The first-order chi connectivity index (χ1) is 9.90. The van der Waals surface area contributed by atoms with Gasteiger partial charge in [-0.2, -0.15) is 0 Å². The molecule has 0 aliphatic rings. The van der Waals surface area contributed by atoms with Crippen molar-refractivity contribution in [2.45, 2.75) is 45.1 Å². The number of benzene rings is 1. The van der Waals surface area contributed by atoms with Crippen LogP contribution in [0.1, 0.15) is 45.1 Å².